The largest absolute Gasteiger partial charge is 0.384 e. The summed E-state index contributed by atoms with van der Waals surface area (Å²) in [5.41, 5.74) is 6.61. The van der Waals surface area contributed by atoms with Crippen LogP contribution in [0.2, 0.25) is 5.02 Å². The Labute approximate surface area is 97.7 Å². The molecule has 1 aromatic heterocycles. The molecule has 0 aliphatic heterocycles. The number of pyridine rings is 1. The van der Waals surface area contributed by atoms with E-state index in [0.29, 0.717) is 5.82 Å². The number of nitrogen functional groups attached to an aromatic ring is 1. The topological polar surface area (TPSA) is 38.9 Å². The van der Waals surface area contributed by atoms with Gasteiger partial charge in [0.1, 0.15) is 5.82 Å². The minimum atomic E-state index is 0.528. The molecule has 0 atom stereocenters. The van der Waals surface area contributed by atoms with E-state index in [1.165, 1.54) is 0 Å². The highest BCUT2D eigenvalue weighted by Gasteiger charge is 2.04. The van der Waals surface area contributed by atoms with Crippen LogP contribution in [0.3, 0.4) is 0 Å². The zero-order chi connectivity index (χ0) is 11.1. The molecule has 3 rings (SSSR count). The van der Waals surface area contributed by atoms with Gasteiger partial charge in [0.25, 0.3) is 0 Å². The monoisotopic (exact) mass is 228 g/mol. The Bertz CT molecular complexity index is 692. The van der Waals surface area contributed by atoms with Gasteiger partial charge >= 0.3 is 0 Å². The first-order valence-corrected chi connectivity index (χ1v) is 5.37. The first kappa shape index (κ1) is 9.43. The third-order valence-corrected chi connectivity index (χ3v) is 3.02. The molecule has 16 heavy (non-hydrogen) atoms. The Balaban J connectivity index is 2.58. The summed E-state index contributed by atoms with van der Waals surface area (Å²) >= 11 is 6.14. The van der Waals surface area contributed by atoms with Crippen LogP contribution in [-0.4, -0.2) is 4.98 Å². The molecule has 2 nitrogen and oxygen atoms in total. The Morgan fingerprint density at radius 3 is 2.62 bits per heavy atom. The first-order valence-electron chi connectivity index (χ1n) is 4.99. The van der Waals surface area contributed by atoms with E-state index in [2.05, 4.69) is 4.98 Å². The predicted octanol–water partition coefficient (Wildman–Crippen LogP) is 3.62. The molecule has 2 N–H and O–H groups in total. The number of benzene rings is 2. The maximum atomic E-state index is 6.14. The molecule has 0 unspecified atom stereocenters. The predicted molar refractivity (Wildman–Crippen MR) is 68.7 cm³/mol. The summed E-state index contributed by atoms with van der Waals surface area (Å²) in [7, 11) is 0. The van der Waals surface area contributed by atoms with E-state index in [9.17, 15) is 0 Å². The minimum Gasteiger partial charge on any atom is -0.384 e. The van der Waals surface area contributed by atoms with E-state index in [1.54, 1.807) is 6.07 Å². The fraction of sp³-hybridized carbons (Fsp3) is 0. The molecule has 0 saturated heterocycles. The van der Waals surface area contributed by atoms with Crippen LogP contribution in [0.5, 0.6) is 0 Å². The first-order chi connectivity index (χ1) is 7.75. The maximum Gasteiger partial charge on any atom is 0.124 e. The van der Waals surface area contributed by atoms with Gasteiger partial charge in [0, 0.05) is 21.2 Å². The quantitative estimate of drug-likeness (QED) is 0.597. The highest BCUT2D eigenvalue weighted by Crippen LogP contribution is 2.29. The molecule has 0 amide bonds. The highest BCUT2D eigenvalue weighted by atomic mass is 35.5. The number of nitrogens with zero attached hydrogens (tertiary/aromatic N) is 1. The van der Waals surface area contributed by atoms with Gasteiger partial charge in [0.05, 0.1) is 5.52 Å². The lowest BCUT2D eigenvalue weighted by atomic mass is 10.1. The van der Waals surface area contributed by atoms with Crippen LogP contribution in [0.1, 0.15) is 0 Å². The van der Waals surface area contributed by atoms with Crippen molar-refractivity contribution in [2.24, 2.45) is 0 Å². The number of halogens is 1. The van der Waals surface area contributed by atoms with Crippen LogP contribution in [-0.2, 0) is 0 Å². The van der Waals surface area contributed by atoms with Crippen LogP contribution < -0.4 is 5.73 Å². The number of hydrogen-bond donors (Lipinski definition) is 1. The zero-order valence-corrected chi connectivity index (χ0v) is 9.20. The molecule has 0 spiro atoms. The second-order valence-corrected chi connectivity index (χ2v) is 4.12. The summed E-state index contributed by atoms with van der Waals surface area (Å²) in [4.78, 5) is 4.36. The van der Waals surface area contributed by atoms with Crippen molar-refractivity contribution in [1.29, 1.82) is 0 Å². The normalized spacial score (nSPS) is 11.1. The average Bonchev–Trinajstić information content (AvgIpc) is 2.29. The molecule has 3 heteroatoms. The van der Waals surface area contributed by atoms with E-state index in [-0.39, 0.29) is 0 Å². The summed E-state index contributed by atoms with van der Waals surface area (Å²) in [6, 6.07) is 13.6. The lowest BCUT2D eigenvalue weighted by Gasteiger charge is -2.05. The van der Waals surface area contributed by atoms with Crippen molar-refractivity contribution >= 4 is 39.1 Å². The summed E-state index contributed by atoms with van der Waals surface area (Å²) < 4.78 is 0. The zero-order valence-electron chi connectivity index (χ0n) is 8.44. The highest BCUT2D eigenvalue weighted by molar-refractivity contribution is 6.36. The van der Waals surface area contributed by atoms with Gasteiger partial charge in [-0.3, -0.25) is 0 Å². The van der Waals surface area contributed by atoms with E-state index in [1.807, 2.05) is 36.4 Å². The molecule has 0 saturated carbocycles. The summed E-state index contributed by atoms with van der Waals surface area (Å²) in [6.45, 7) is 0. The van der Waals surface area contributed by atoms with E-state index in [4.69, 9.17) is 17.3 Å². The number of anilines is 1. The molecule has 0 fully saturated rings. The molecule has 1 heterocycles. The fourth-order valence-electron chi connectivity index (χ4n) is 1.92. The van der Waals surface area contributed by atoms with Gasteiger partial charge in [-0.25, -0.2) is 4.98 Å². The van der Waals surface area contributed by atoms with Gasteiger partial charge in [0.15, 0.2) is 0 Å². The van der Waals surface area contributed by atoms with Crippen LogP contribution in [0.25, 0.3) is 21.7 Å². The third-order valence-electron chi connectivity index (χ3n) is 2.69. The lowest BCUT2D eigenvalue weighted by molar-refractivity contribution is 1.43. The summed E-state index contributed by atoms with van der Waals surface area (Å²) in [5, 5.41) is 3.86. The Morgan fingerprint density at radius 2 is 1.75 bits per heavy atom. The molecule has 3 aromatic rings. The van der Waals surface area contributed by atoms with Crippen LogP contribution in [0, 0.1) is 0 Å². The molecular formula is C13H9ClN2. The number of aromatic nitrogens is 1. The van der Waals surface area contributed by atoms with E-state index < -0.39 is 0 Å². The third kappa shape index (κ3) is 1.31. The van der Waals surface area contributed by atoms with Gasteiger partial charge in [0.2, 0.25) is 0 Å². The van der Waals surface area contributed by atoms with Crippen molar-refractivity contribution in [1.82, 2.24) is 4.98 Å². The SMILES string of the molecule is Nc1ccc2ccc3c(Cl)cccc3c2n1. The standard InChI is InChI=1S/C13H9ClN2/c14-11-3-1-2-10-9(11)6-4-8-5-7-12(15)16-13(8)10/h1-7H,(H2,15,16). The molecule has 0 aliphatic carbocycles. The molecule has 2 aromatic carbocycles. The van der Waals surface area contributed by atoms with Gasteiger partial charge in [-0.1, -0.05) is 35.9 Å². The lowest BCUT2D eigenvalue weighted by Crippen LogP contribution is -1.90. The Hall–Kier alpha value is -1.80. The van der Waals surface area contributed by atoms with Crippen molar-refractivity contribution in [3.05, 3.63) is 47.5 Å². The van der Waals surface area contributed by atoms with E-state index >= 15 is 0 Å². The van der Waals surface area contributed by atoms with Crippen molar-refractivity contribution in [2.75, 3.05) is 5.73 Å². The van der Waals surface area contributed by atoms with Crippen LogP contribution in [0.15, 0.2) is 42.5 Å². The number of rotatable bonds is 0. The molecule has 0 aliphatic rings. The smallest absolute Gasteiger partial charge is 0.124 e. The average molecular weight is 229 g/mol. The van der Waals surface area contributed by atoms with Crippen molar-refractivity contribution in [3.8, 4) is 0 Å². The van der Waals surface area contributed by atoms with Gasteiger partial charge < -0.3 is 5.73 Å². The second-order valence-electron chi connectivity index (χ2n) is 3.71. The summed E-state index contributed by atoms with van der Waals surface area (Å²) in [5.74, 6) is 0.528. The van der Waals surface area contributed by atoms with Crippen LogP contribution >= 0.6 is 11.6 Å². The van der Waals surface area contributed by atoms with Gasteiger partial charge in [-0.2, -0.15) is 0 Å². The fourth-order valence-corrected chi connectivity index (χ4v) is 2.16. The van der Waals surface area contributed by atoms with Gasteiger partial charge in [-0.05, 0) is 18.2 Å². The minimum absolute atomic E-state index is 0.528. The molecule has 0 bridgehead atoms. The van der Waals surface area contributed by atoms with E-state index in [0.717, 1.165) is 26.7 Å². The Kier molecular flexibility index (Phi) is 1.98. The molecule has 0 radical (unpaired) electrons. The van der Waals surface area contributed by atoms with Crippen LogP contribution in [0.4, 0.5) is 5.82 Å². The second kappa shape index (κ2) is 3.35. The number of fused-ring (bicyclic) bond motifs is 3. The maximum absolute atomic E-state index is 6.14. The number of hydrogen-bond acceptors (Lipinski definition) is 2. The van der Waals surface area contributed by atoms with Gasteiger partial charge in [-0.15, -0.1) is 0 Å². The number of nitrogens with two attached hydrogens (primary N) is 1. The molecular weight excluding hydrogens is 220 g/mol. The molecule has 78 valence electrons. The van der Waals surface area contributed by atoms with Crippen molar-refractivity contribution in [2.45, 2.75) is 0 Å². The summed E-state index contributed by atoms with van der Waals surface area (Å²) in [6.07, 6.45) is 0. The van der Waals surface area contributed by atoms with Crippen molar-refractivity contribution in [3.63, 3.8) is 0 Å². The Morgan fingerprint density at radius 1 is 0.938 bits per heavy atom. The van der Waals surface area contributed by atoms with Crippen molar-refractivity contribution < 1.29 is 0 Å².